The van der Waals surface area contributed by atoms with Crippen molar-refractivity contribution in [1.82, 2.24) is 5.32 Å². The van der Waals surface area contributed by atoms with E-state index >= 15 is 0 Å². The largest absolute Gasteiger partial charge is 0.441 e. The van der Waals surface area contributed by atoms with Gasteiger partial charge in [0.2, 0.25) is 0 Å². The molecule has 5 heteroatoms. The van der Waals surface area contributed by atoms with Gasteiger partial charge in [0.15, 0.2) is 0 Å². The maximum Gasteiger partial charge on any atom is 0.441 e. The lowest BCUT2D eigenvalue weighted by atomic mass is 9.84. The van der Waals surface area contributed by atoms with Gasteiger partial charge in [0.1, 0.15) is 0 Å². The van der Waals surface area contributed by atoms with Crippen LogP contribution in [0.25, 0.3) is 0 Å². The summed E-state index contributed by atoms with van der Waals surface area (Å²) < 4.78 is 35.6. The summed E-state index contributed by atoms with van der Waals surface area (Å²) in [5.74, 6) is 0.958. The van der Waals surface area contributed by atoms with Crippen LogP contribution in [0.2, 0.25) is 0 Å². The smallest absolute Gasteiger partial charge is 0.313 e. The summed E-state index contributed by atoms with van der Waals surface area (Å²) in [6.45, 7) is 2.67. The van der Waals surface area contributed by atoms with E-state index in [2.05, 4.69) is 12.2 Å². The third-order valence-electron chi connectivity index (χ3n) is 3.22. The fourth-order valence-corrected chi connectivity index (χ4v) is 2.66. The molecule has 16 heavy (non-hydrogen) atoms. The van der Waals surface area contributed by atoms with Gasteiger partial charge >= 0.3 is 5.51 Å². The van der Waals surface area contributed by atoms with Crippen molar-refractivity contribution in [3.8, 4) is 0 Å². The van der Waals surface area contributed by atoms with Crippen LogP contribution in [-0.2, 0) is 0 Å². The van der Waals surface area contributed by atoms with Crippen molar-refractivity contribution in [1.29, 1.82) is 0 Å². The number of rotatable bonds is 5. The molecule has 1 nitrogen and oxygen atoms in total. The van der Waals surface area contributed by atoms with Crippen molar-refractivity contribution in [2.75, 3.05) is 12.3 Å². The monoisotopic (exact) mass is 255 g/mol. The van der Waals surface area contributed by atoms with E-state index in [4.69, 9.17) is 0 Å². The molecular weight excluding hydrogens is 235 g/mol. The van der Waals surface area contributed by atoms with Crippen LogP contribution in [0.3, 0.4) is 0 Å². The zero-order chi connectivity index (χ0) is 12.0. The first kappa shape index (κ1) is 14.2. The Labute approximate surface area is 99.6 Å². The predicted molar refractivity (Wildman–Crippen MR) is 62.6 cm³/mol. The number of thioether (sulfide) groups is 1. The molecule has 1 aliphatic rings. The maximum atomic E-state index is 11.9. The molecule has 1 N–H and O–H groups in total. The molecule has 0 unspecified atom stereocenters. The van der Waals surface area contributed by atoms with Crippen molar-refractivity contribution in [3.05, 3.63) is 0 Å². The van der Waals surface area contributed by atoms with Crippen LogP contribution in [-0.4, -0.2) is 23.8 Å². The highest BCUT2D eigenvalue weighted by Gasteiger charge is 2.27. The van der Waals surface area contributed by atoms with Crippen LogP contribution in [0, 0.1) is 5.92 Å². The quantitative estimate of drug-likeness (QED) is 0.750. The summed E-state index contributed by atoms with van der Waals surface area (Å²) in [4.78, 5) is 0. The molecule has 0 amide bonds. The van der Waals surface area contributed by atoms with Gasteiger partial charge < -0.3 is 5.32 Å². The van der Waals surface area contributed by atoms with Gasteiger partial charge in [-0.3, -0.25) is 0 Å². The van der Waals surface area contributed by atoms with Crippen LogP contribution >= 0.6 is 11.8 Å². The second kappa shape index (κ2) is 6.74. The molecule has 96 valence electrons. The molecule has 0 spiro atoms. The van der Waals surface area contributed by atoms with Crippen molar-refractivity contribution >= 4 is 11.8 Å². The van der Waals surface area contributed by atoms with Gasteiger partial charge in [0.25, 0.3) is 0 Å². The van der Waals surface area contributed by atoms with Gasteiger partial charge in [-0.15, -0.1) is 0 Å². The Bertz CT molecular complexity index is 188. The highest BCUT2D eigenvalue weighted by Crippen LogP contribution is 2.30. The number of alkyl halides is 3. The van der Waals surface area contributed by atoms with Crippen LogP contribution in [0.5, 0.6) is 0 Å². The number of hydrogen-bond acceptors (Lipinski definition) is 2. The Morgan fingerprint density at radius 1 is 1.19 bits per heavy atom. The molecule has 0 aromatic carbocycles. The van der Waals surface area contributed by atoms with E-state index in [1.165, 1.54) is 19.3 Å². The summed E-state index contributed by atoms with van der Waals surface area (Å²) in [5.41, 5.74) is -4.08. The zero-order valence-electron chi connectivity index (χ0n) is 9.65. The molecule has 0 heterocycles. The van der Waals surface area contributed by atoms with E-state index < -0.39 is 5.51 Å². The molecule has 0 radical (unpaired) electrons. The fourth-order valence-electron chi connectivity index (χ4n) is 2.20. The Morgan fingerprint density at radius 2 is 1.81 bits per heavy atom. The molecule has 0 bridgehead atoms. The molecule has 0 aromatic rings. The third kappa shape index (κ3) is 5.99. The fraction of sp³-hybridized carbons (Fsp3) is 1.00. The average molecular weight is 255 g/mol. The lowest BCUT2D eigenvalue weighted by Gasteiger charge is -2.28. The van der Waals surface area contributed by atoms with Gasteiger partial charge in [0, 0.05) is 18.3 Å². The standard InChI is InChI=1S/C11H20F3NS/c1-2-9-3-5-10(6-4-9)15-7-8-16-11(12,13)14/h9-10,15H,2-8H2,1H3. The first-order chi connectivity index (χ1) is 7.51. The Kier molecular flexibility index (Phi) is 5.97. The van der Waals surface area contributed by atoms with Crippen LogP contribution < -0.4 is 5.32 Å². The molecule has 0 saturated heterocycles. The van der Waals surface area contributed by atoms with Gasteiger partial charge in [-0.1, -0.05) is 13.3 Å². The number of halogens is 3. The maximum absolute atomic E-state index is 11.9. The summed E-state index contributed by atoms with van der Waals surface area (Å²) >= 11 is 0.0647. The number of nitrogens with one attached hydrogen (secondary N) is 1. The minimum Gasteiger partial charge on any atom is -0.313 e. The van der Waals surface area contributed by atoms with E-state index in [0.29, 0.717) is 12.6 Å². The van der Waals surface area contributed by atoms with E-state index in [9.17, 15) is 13.2 Å². The SMILES string of the molecule is CCC1CCC(NCCSC(F)(F)F)CC1. The minimum absolute atomic E-state index is 0.0647. The summed E-state index contributed by atoms with van der Waals surface area (Å²) in [7, 11) is 0. The first-order valence-corrected chi connectivity index (χ1v) is 6.94. The van der Waals surface area contributed by atoms with Gasteiger partial charge in [-0.2, -0.15) is 13.2 Å². The average Bonchev–Trinajstić information content (AvgIpc) is 2.24. The van der Waals surface area contributed by atoms with Crippen LogP contribution in [0.1, 0.15) is 39.0 Å². The normalized spacial score (nSPS) is 27.0. The molecule has 0 aliphatic heterocycles. The summed E-state index contributed by atoms with van der Waals surface area (Å²) in [6.07, 6.45) is 5.92. The second-order valence-electron chi connectivity index (χ2n) is 4.37. The Balaban J connectivity index is 2.02. The van der Waals surface area contributed by atoms with Crippen molar-refractivity contribution in [2.45, 2.75) is 50.6 Å². The summed E-state index contributed by atoms with van der Waals surface area (Å²) in [5, 5.41) is 3.22. The zero-order valence-corrected chi connectivity index (χ0v) is 10.5. The molecule has 0 atom stereocenters. The molecule has 0 aromatic heterocycles. The van der Waals surface area contributed by atoms with Gasteiger partial charge in [-0.05, 0) is 43.4 Å². The van der Waals surface area contributed by atoms with E-state index in [1.807, 2.05) is 0 Å². The lowest BCUT2D eigenvalue weighted by molar-refractivity contribution is -0.0327. The van der Waals surface area contributed by atoms with Crippen LogP contribution in [0.15, 0.2) is 0 Å². The molecular formula is C11H20F3NS. The molecule has 1 fully saturated rings. The van der Waals surface area contributed by atoms with Crippen LogP contribution in [0.4, 0.5) is 13.2 Å². The van der Waals surface area contributed by atoms with E-state index in [0.717, 1.165) is 18.8 Å². The highest BCUT2D eigenvalue weighted by molar-refractivity contribution is 8.00. The van der Waals surface area contributed by atoms with Gasteiger partial charge in [0.05, 0.1) is 0 Å². The van der Waals surface area contributed by atoms with Crippen molar-refractivity contribution in [2.24, 2.45) is 5.92 Å². The molecule has 1 aliphatic carbocycles. The highest BCUT2D eigenvalue weighted by atomic mass is 32.2. The predicted octanol–water partition coefficient (Wildman–Crippen LogP) is 3.80. The number of hydrogen-bond donors (Lipinski definition) is 1. The first-order valence-electron chi connectivity index (χ1n) is 5.95. The van der Waals surface area contributed by atoms with Gasteiger partial charge in [-0.25, -0.2) is 0 Å². The minimum atomic E-state index is -4.08. The van der Waals surface area contributed by atoms with Crippen molar-refractivity contribution < 1.29 is 13.2 Å². The van der Waals surface area contributed by atoms with E-state index in [-0.39, 0.29) is 17.5 Å². The Morgan fingerprint density at radius 3 is 2.31 bits per heavy atom. The topological polar surface area (TPSA) is 12.0 Å². The van der Waals surface area contributed by atoms with E-state index in [1.54, 1.807) is 0 Å². The Hall–Kier alpha value is 0.100. The molecule has 1 saturated carbocycles. The molecule has 1 rings (SSSR count). The summed E-state index contributed by atoms with van der Waals surface area (Å²) in [6, 6.07) is 0.441. The van der Waals surface area contributed by atoms with Crippen molar-refractivity contribution in [3.63, 3.8) is 0 Å². The second-order valence-corrected chi connectivity index (χ2v) is 5.53. The third-order valence-corrected chi connectivity index (χ3v) is 3.96. The lowest BCUT2D eigenvalue weighted by Crippen LogP contribution is -2.34.